The highest BCUT2D eigenvalue weighted by molar-refractivity contribution is 7.26. The molecule has 12 aromatic rings. The molecule has 0 fully saturated rings. The second-order valence-corrected chi connectivity index (χ2v) is 18.5. The van der Waals surface area contributed by atoms with Gasteiger partial charge in [0.1, 0.15) is 11.2 Å². The van der Waals surface area contributed by atoms with Crippen LogP contribution in [0.4, 0.5) is 17.3 Å². The van der Waals surface area contributed by atoms with Crippen molar-refractivity contribution < 1.29 is 4.42 Å². The zero-order valence-corrected chi connectivity index (χ0v) is 34.8. The zero-order chi connectivity index (χ0) is 40.4. The van der Waals surface area contributed by atoms with Crippen molar-refractivity contribution in [3.05, 3.63) is 181 Å². The first kappa shape index (κ1) is 34.7. The van der Waals surface area contributed by atoms with Crippen LogP contribution in [0.1, 0.15) is 25.0 Å². The molecule has 0 radical (unpaired) electrons. The van der Waals surface area contributed by atoms with Crippen molar-refractivity contribution in [1.82, 2.24) is 15.0 Å². The van der Waals surface area contributed by atoms with E-state index in [1.807, 2.05) is 23.5 Å². The van der Waals surface area contributed by atoms with E-state index in [9.17, 15) is 0 Å². The van der Waals surface area contributed by atoms with Crippen molar-refractivity contribution in [3.63, 3.8) is 0 Å². The largest absolute Gasteiger partial charge is 0.456 e. The molecule has 0 amide bonds. The first-order chi connectivity index (χ1) is 30.0. The molecule has 0 atom stereocenters. The minimum Gasteiger partial charge on any atom is -0.456 e. The minimum absolute atomic E-state index is 0.213. The first-order valence-electron chi connectivity index (χ1n) is 20.5. The van der Waals surface area contributed by atoms with Crippen molar-refractivity contribution in [3.8, 4) is 33.9 Å². The number of furan rings is 1. The van der Waals surface area contributed by atoms with Crippen LogP contribution in [0, 0.1) is 0 Å². The number of hydrogen-bond donors (Lipinski definition) is 0. The van der Waals surface area contributed by atoms with Crippen LogP contribution in [0.15, 0.2) is 174 Å². The minimum atomic E-state index is -0.213. The van der Waals surface area contributed by atoms with Crippen molar-refractivity contribution in [1.29, 1.82) is 0 Å². The average Bonchev–Trinajstić information content (AvgIpc) is 4.04. The second kappa shape index (κ2) is 12.9. The Kier molecular flexibility index (Phi) is 7.33. The fraction of sp³-hybridized carbons (Fsp3) is 0.0556. The molecule has 0 spiro atoms. The molecular formula is C54H34N4OS2. The lowest BCUT2D eigenvalue weighted by Crippen LogP contribution is -2.18. The van der Waals surface area contributed by atoms with Gasteiger partial charge in [0.15, 0.2) is 11.6 Å². The lowest BCUT2D eigenvalue weighted by atomic mass is 9.82. The molecule has 4 aromatic heterocycles. The van der Waals surface area contributed by atoms with E-state index >= 15 is 0 Å². The maximum absolute atomic E-state index is 6.54. The van der Waals surface area contributed by atoms with E-state index < -0.39 is 0 Å². The van der Waals surface area contributed by atoms with E-state index in [-0.39, 0.29) is 5.41 Å². The molecule has 61 heavy (non-hydrogen) atoms. The van der Waals surface area contributed by atoms with Crippen LogP contribution in [0.5, 0.6) is 0 Å². The molecule has 0 N–H and O–H groups in total. The molecule has 0 bridgehead atoms. The molecule has 288 valence electrons. The van der Waals surface area contributed by atoms with Crippen LogP contribution >= 0.6 is 22.7 Å². The lowest BCUT2D eigenvalue weighted by Gasteiger charge is -2.28. The SMILES string of the molecule is CC1(C)c2ccccc2-c2c(N(c3nc(-c4ccc5c(c4)sc4ccccc45)nc(-c4ccc5sc6ccccc6c5c4)n3)c3cccc4oc5ccccc5c34)cccc21. The van der Waals surface area contributed by atoms with Gasteiger partial charge in [0, 0.05) is 67.8 Å². The third kappa shape index (κ3) is 5.14. The third-order valence-electron chi connectivity index (χ3n) is 12.5. The van der Waals surface area contributed by atoms with Gasteiger partial charge in [-0.1, -0.05) is 123 Å². The Morgan fingerprint density at radius 2 is 1.05 bits per heavy atom. The molecule has 5 nitrogen and oxygen atoms in total. The van der Waals surface area contributed by atoms with Crippen molar-refractivity contribution in [2.24, 2.45) is 0 Å². The fourth-order valence-electron chi connectivity index (χ4n) is 9.66. The molecule has 13 rings (SSSR count). The standard InChI is InChI=1S/C54H34N4OS2/c1-54(2)39-17-7-3-15-36(39)49-40(54)18-11-19-41(49)58(42-20-12-22-44-50(42)37-16-4-8-21-43(37)59-44)53-56-51(31-26-28-47-38(29-31)34-14-6-10-24-46(34)60-47)55-52(57-53)32-25-27-35-33-13-5-9-23-45(33)61-48(35)30-32/h3-30H,1-2H3. The Hall–Kier alpha value is -7.19. The van der Waals surface area contributed by atoms with E-state index in [1.54, 1.807) is 11.3 Å². The number of para-hydroxylation sites is 1. The summed E-state index contributed by atoms with van der Waals surface area (Å²) < 4.78 is 11.5. The Bertz CT molecular complexity index is 3780. The Labute approximate surface area is 358 Å². The molecule has 0 unspecified atom stereocenters. The third-order valence-corrected chi connectivity index (χ3v) is 14.8. The zero-order valence-electron chi connectivity index (χ0n) is 33.2. The number of thiophene rings is 2. The summed E-state index contributed by atoms with van der Waals surface area (Å²) in [5, 5.41) is 6.95. The fourth-order valence-corrected chi connectivity index (χ4v) is 11.9. The van der Waals surface area contributed by atoms with Crippen molar-refractivity contribution >= 4 is 102 Å². The molecule has 1 aliphatic rings. The van der Waals surface area contributed by atoms with E-state index in [4.69, 9.17) is 19.4 Å². The quantitative estimate of drug-likeness (QED) is 0.173. The van der Waals surface area contributed by atoms with Gasteiger partial charge < -0.3 is 4.42 Å². The van der Waals surface area contributed by atoms with Crippen LogP contribution < -0.4 is 4.90 Å². The Morgan fingerprint density at radius 1 is 0.459 bits per heavy atom. The predicted octanol–water partition coefficient (Wildman–Crippen LogP) is 15.6. The van der Waals surface area contributed by atoms with Gasteiger partial charge >= 0.3 is 0 Å². The molecule has 0 aliphatic heterocycles. The maximum Gasteiger partial charge on any atom is 0.238 e. The summed E-state index contributed by atoms with van der Waals surface area (Å²) in [4.78, 5) is 18.6. The van der Waals surface area contributed by atoms with Crippen LogP contribution in [0.25, 0.3) is 96.2 Å². The molecule has 7 heteroatoms. The van der Waals surface area contributed by atoms with E-state index in [0.717, 1.165) is 44.4 Å². The second-order valence-electron chi connectivity index (χ2n) is 16.4. The molecule has 4 heterocycles. The van der Waals surface area contributed by atoms with Crippen LogP contribution in [0.2, 0.25) is 0 Å². The highest BCUT2D eigenvalue weighted by Gasteiger charge is 2.38. The number of nitrogens with zero attached hydrogens (tertiary/aromatic N) is 4. The van der Waals surface area contributed by atoms with Gasteiger partial charge in [0.05, 0.1) is 16.8 Å². The van der Waals surface area contributed by atoms with Crippen molar-refractivity contribution in [2.75, 3.05) is 4.90 Å². The van der Waals surface area contributed by atoms with Gasteiger partial charge in [-0.25, -0.2) is 4.98 Å². The van der Waals surface area contributed by atoms with Crippen LogP contribution in [-0.2, 0) is 5.41 Å². The summed E-state index contributed by atoms with van der Waals surface area (Å²) in [5.74, 6) is 1.74. The van der Waals surface area contributed by atoms with Crippen LogP contribution in [0.3, 0.4) is 0 Å². The van der Waals surface area contributed by atoms with Gasteiger partial charge in [-0.05, 0) is 77.4 Å². The highest BCUT2D eigenvalue weighted by Crippen LogP contribution is 2.55. The van der Waals surface area contributed by atoms with Gasteiger partial charge in [0.25, 0.3) is 0 Å². The van der Waals surface area contributed by atoms with Crippen LogP contribution in [-0.4, -0.2) is 15.0 Å². The van der Waals surface area contributed by atoms with Gasteiger partial charge in [-0.2, -0.15) is 9.97 Å². The Balaban J connectivity index is 1.13. The monoisotopic (exact) mass is 818 g/mol. The topological polar surface area (TPSA) is 55.1 Å². The summed E-state index contributed by atoms with van der Waals surface area (Å²) in [6.07, 6.45) is 0. The highest BCUT2D eigenvalue weighted by atomic mass is 32.1. The van der Waals surface area contributed by atoms with Gasteiger partial charge in [0.2, 0.25) is 5.95 Å². The van der Waals surface area contributed by atoms with Gasteiger partial charge in [-0.3, -0.25) is 4.90 Å². The summed E-state index contributed by atoms with van der Waals surface area (Å²) in [6, 6.07) is 60.5. The average molecular weight is 819 g/mol. The number of benzene rings is 8. The Morgan fingerprint density at radius 3 is 1.89 bits per heavy atom. The van der Waals surface area contributed by atoms with E-state index in [1.165, 1.54) is 62.6 Å². The van der Waals surface area contributed by atoms with E-state index in [0.29, 0.717) is 17.6 Å². The van der Waals surface area contributed by atoms with Crippen molar-refractivity contribution in [2.45, 2.75) is 19.3 Å². The molecular weight excluding hydrogens is 785 g/mol. The smallest absolute Gasteiger partial charge is 0.238 e. The predicted molar refractivity (Wildman–Crippen MR) is 256 cm³/mol. The first-order valence-corrected chi connectivity index (χ1v) is 22.1. The number of rotatable bonds is 5. The normalized spacial score (nSPS) is 13.2. The molecule has 0 saturated carbocycles. The van der Waals surface area contributed by atoms with Gasteiger partial charge in [-0.15, -0.1) is 22.7 Å². The molecule has 0 saturated heterocycles. The summed E-state index contributed by atoms with van der Waals surface area (Å²) in [6.45, 7) is 4.65. The maximum atomic E-state index is 6.54. The summed E-state index contributed by atoms with van der Waals surface area (Å²) in [7, 11) is 0. The number of aromatic nitrogens is 3. The number of hydrogen-bond acceptors (Lipinski definition) is 7. The summed E-state index contributed by atoms with van der Waals surface area (Å²) in [5.41, 5.74) is 10.2. The number of fused-ring (bicyclic) bond motifs is 12. The lowest BCUT2D eigenvalue weighted by molar-refractivity contribution is 0.660. The molecule has 1 aliphatic carbocycles. The number of anilines is 3. The summed E-state index contributed by atoms with van der Waals surface area (Å²) >= 11 is 3.61. The molecule has 8 aromatic carbocycles. The van der Waals surface area contributed by atoms with E-state index in [2.05, 4.69) is 176 Å².